The second-order valence-electron chi connectivity index (χ2n) is 8.35. The van der Waals surface area contributed by atoms with Gasteiger partial charge in [0.2, 0.25) is 0 Å². The summed E-state index contributed by atoms with van der Waals surface area (Å²) >= 11 is 3.57. The Bertz CT molecular complexity index is 1230. The average molecular weight is 528 g/mol. The standard InChI is InChI=1S/C26H26BrNO6/c1-5-11-32-23-18(27)12-15(13-20(23)31-6-2)21(17-14-28-19-10-8-7-9-16(17)19)22-24(29)33-26(3,4)34-25(22)30/h5,7-10,12-14,21-22,28H,1,6,11H2,2-4H3/t21-/m1/s1. The lowest BCUT2D eigenvalue weighted by molar-refractivity contribution is -0.240. The minimum atomic E-state index is -1.32. The highest BCUT2D eigenvalue weighted by molar-refractivity contribution is 9.10. The number of nitrogens with one attached hydrogen (secondary N) is 1. The van der Waals surface area contributed by atoms with Crippen LogP contribution in [0.1, 0.15) is 37.8 Å². The molecule has 1 aliphatic rings. The summed E-state index contributed by atoms with van der Waals surface area (Å²) in [4.78, 5) is 29.6. The van der Waals surface area contributed by atoms with Crippen molar-refractivity contribution in [2.75, 3.05) is 13.2 Å². The molecule has 1 aromatic heterocycles. The summed E-state index contributed by atoms with van der Waals surface area (Å²) in [6.07, 6.45) is 3.45. The van der Waals surface area contributed by atoms with Gasteiger partial charge in [-0.05, 0) is 52.2 Å². The van der Waals surface area contributed by atoms with Gasteiger partial charge in [0.25, 0.3) is 5.79 Å². The van der Waals surface area contributed by atoms with Crippen LogP contribution < -0.4 is 9.47 Å². The van der Waals surface area contributed by atoms with E-state index in [-0.39, 0.29) is 0 Å². The Balaban J connectivity index is 1.91. The molecule has 0 amide bonds. The van der Waals surface area contributed by atoms with Gasteiger partial charge in [-0.25, -0.2) is 0 Å². The molecule has 0 bridgehead atoms. The van der Waals surface area contributed by atoms with Crippen molar-refractivity contribution in [2.45, 2.75) is 32.5 Å². The van der Waals surface area contributed by atoms with Crippen LogP contribution in [0.2, 0.25) is 0 Å². The summed E-state index contributed by atoms with van der Waals surface area (Å²) < 4.78 is 23.2. The molecule has 34 heavy (non-hydrogen) atoms. The van der Waals surface area contributed by atoms with Crippen molar-refractivity contribution in [1.82, 2.24) is 4.98 Å². The predicted octanol–water partition coefficient (Wildman–Crippen LogP) is 5.48. The van der Waals surface area contributed by atoms with E-state index >= 15 is 0 Å². The van der Waals surface area contributed by atoms with Gasteiger partial charge in [-0.15, -0.1) is 0 Å². The molecular formula is C26H26BrNO6. The summed E-state index contributed by atoms with van der Waals surface area (Å²) in [5.41, 5.74) is 2.32. The van der Waals surface area contributed by atoms with E-state index in [2.05, 4.69) is 27.5 Å². The van der Waals surface area contributed by atoms with Gasteiger partial charge in [0.05, 0.1) is 11.1 Å². The molecule has 8 heteroatoms. The third-order valence-electron chi connectivity index (χ3n) is 5.53. The number of benzene rings is 2. The average Bonchev–Trinajstić information content (AvgIpc) is 3.19. The van der Waals surface area contributed by atoms with Gasteiger partial charge in [-0.2, -0.15) is 0 Å². The molecule has 1 saturated heterocycles. The molecule has 1 N–H and O–H groups in total. The maximum atomic E-state index is 13.2. The second kappa shape index (κ2) is 9.54. The van der Waals surface area contributed by atoms with E-state index in [1.807, 2.05) is 43.5 Å². The Labute approximate surface area is 206 Å². The molecule has 0 aliphatic carbocycles. The molecule has 0 unspecified atom stereocenters. The first kappa shape index (κ1) is 23.9. The maximum absolute atomic E-state index is 13.2. The Morgan fingerprint density at radius 2 is 1.88 bits per heavy atom. The number of aromatic nitrogens is 1. The van der Waals surface area contributed by atoms with Crippen LogP contribution in [0.5, 0.6) is 11.5 Å². The Morgan fingerprint density at radius 3 is 2.56 bits per heavy atom. The molecule has 0 spiro atoms. The monoisotopic (exact) mass is 527 g/mol. The van der Waals surface area contributed by atoms with Gasteiger partial charge in [-0.1, -0.05) is 30.9 Å². The van der Waals surface area contributed by atoms with Gasteiger partial charge in [0.15, 0.2) is 17.4 Å². The maximum Gasteiger partial charge on any atom is 0.324 e. The number of fused-ring (bicyclic) bond motifs is 1. The third-order valence-corrected chi connectivity index (χ3v) is 6.12. The summed E-state index contributed by atoms with van der Waals surface area (Å²) in [6.45, 7) is 9.33. The SMILES string of the molecule is C=CCOc1c(Br)cc([C@H](c2c[nH]c3ccccc23)C2C(=O)OC(C)(C)OC2=O)cc1OCC. The molecule has 1 aliphatic heterocycles. The molecule has 178 valence electrons. The van der Waals surface area contributed by atoms with E-state index in [1.165, 1.54) is 13.8 Å². The van der Waals surface area contributed by atoms with Crippen LogP contribution in [0.3, 0.4) is 0 Å². The number of aromatic amines is 1. The predicted molar refractivity (Wildman–Crippen MR) is 131 cm³/mol. The van der Waals surface area contributed by atoms with Crippen molar-refractivity contribution >= 4 is 38.8 Å². The Hall–Kier alpha value is -3.26. The van der Waals surface area contributed by atoms with Gasteiger partial charge in [0.1, 0.15) is 6.61 Å². The van der Waals surface area contributed by atoms with Gasteiger partial charge < -0.3 is 23.9 Å². The molecule has 4 rings (SSSR count). The summed E-state index contributed by atoms with van der Waals surface area (Å²) in [6, 6.07) is 11.3. The first-order valence-corrected chi connectivity index (χ1v) is 11.8. The largest absolute Gasteiger partial charge is 0.490 e. The number of carbonyl (C=O) groups excluding carboxylic acids is 2. The minimum absolute atomic E-state index is 0.292. The Kier molecular flexibility index (Phi) is 6.70. The molecule has 1 atom stereocenters. The van der Waals surface area contributed by atoms with Crippen LogP contribution in [0.4, 0.5) is 0 Å². The number of rotatable bonds is 8. The van der Waals surface area contributed by atoms with Crippen molar-refractivity contribution in [3.63, 3.8) is 0 Å². The van der Waals surface area contributed by atoms with E-state index in [9.17, 15) is 9.59 Å². The van der Waals surface area contributed by atoms with Crippen LogP contribution in [0.25, 0.3) is 10.9 Å². The highest BCUT2D eigenvalue weighted by Crippen LogP contribution is 2.45. The van der Waals surface area contributed by atoms with E-state index in [0.29, 0.717) is 34.7 Å². The first-order chi connectivity index (χ1) is 16.3. The molecule has 2 heterocycles. The lowest BCUT2D eigenvalue weighted by Gasteiger charge is -2.36. The molecule has 1 fully saturated rings. The van der Waals surface area contributed by atoms with Crippen LogP contribution in [-0.4, -0.2) is 35.9 Å². The topological polar surface area (TPSA) is 86.9 Å². The number of ether oxygens (including phenoxy) is 4. The van der Waals surface area contributed by atoms with Crippen LogP contribution in [-0.2, 0) is 19.1 Å². The van der Waals surface area contributed by atoms with Crippen molar-refractivity contribution in [2.24, 2.45) is 5.92 Å². The lowest BCUT2D eigenvalue weighted by Crippen LogP contribution is -2.48. The number of hydrogen-bond acceptors (Lipinski definition) is 6. The number of cyclic esters (lactones) is 2. The summed E-state index contributed by atoms with van der Waals surface area (Å²) in [5, 5.41) is 0.888. The number of hydrogen-bond donors (Lipinski definition) is 1. The fourth-order valence-corrected chi connectivity index (χ4v) is 4.79. The highest BCUT2D eigenvalue weighted by atomic mass is 79.9. The van der Waals surface area contributed by atoms with Gasteiger partial charge in [0, 0.05) is 36.9 Å². The summed E-state index contributed by atoms with van der Waals surface area (Å²) in [5.74, 6) is -3.51. The van der Waals surface area contributed by atoms with E-state index < -0.39 is 29.6 Å². The molecular weight excluding hydrogens is 502 g/mol. The van der Waals surface area contributed by atoms with Crippen LogP contribution >= 0.6 is 15.9 Å². The highest BCUT2D eigenvalue weighted by Gasteiger charge is 2.49. The quantitative estimate of drug-likeness (QED) is 0.237. The molecule has 0 saturated carbocycles. The first-order valence-electron chi connectivity index (χ1n) is 11.0. The minimum Gasteiger partial charge on any atom is -0.490 e. The van der Waals surface area contributed by atoms with Crippen molar-refractivity contribution in [1.29, 1.82) is 0 Å². The normalized spacial score (nSPS) is 16.6. The fraction of sp³-hybridized carbons (Fsp3) is 0.308. The fourth-order valence-electron chi connectivity index (χ4n) is 4.22. The number of carbonyl (C=O) groups is 2. The third kappa shape index (κ3) is 4.55. The number of H-pyrrole nitrogens is 1. The molecule has 2 aromatic carbocycles. The van der Waals surface area contributed by atoms with Crippen molar-refractivity contribution in [3.05, 3.63) is 70.8 Å². The van der Waals surface area contributed by atoms with E-state index in [4.69, 9.17) is 18.9 Å². The van der Waals surface area contributed by atoms with Gasteiger partial charge in [-0.3, -0.25) is 9.59 Å². The van der Waals surface area contributed by atoms with E-state index in [0.717, 1.165) is 16.5 Å². The zero-order valence-corrected chi connectivity index (χ0v) is 20.8. The molecule has 0 radical (unpaired) electrons. The van der Waals surface area contributed by atoms with E-state index in [1.54, 1.807) is 12.1 Å². The molecule has 3 aromatic rings. The zero-order valence-electron chi connectivity index (χ0n) is 19.2. The Morgan fingerprint density at radius 1 is 1.18 bits per heavy atom. The van der Waals surface area contributed by atoms with Gasteiger partial charge >= 0.3 is 11.9 Å². The second-order valence-corrected chi connectivity index (χ2v) is 9.20. The smallest absolute Gasteiger partial charge is 0.324 e. The number of esters is 2. The lowest BCUT2D eigenvalue weighted by atomic mass is 9.80. The van der Waals surface area contributed by atoms with Crippen molar-refractivity contribution < 1.29 is 28.5 Å². The van der Waals surface area contributed by atoms with Crippen LogP contribution in [0, 0.1) is 5.92 Å². The zero-order chi connectivity index (χ0) is 24.5. The summed E-state index contributed by atoms with van der Waals surface area (Å²) in [7, 11) is 0. The number of para-hydroxylation sites is 1. The van der Waals surface area contributed by atoms with Crippen molar-refractivity contribution in [3.8, 4) is 11.5 Å². The number of halogens is 1. The van der Waals surface area contributed by atoms with Crippen LogP contribution in [0.15, 0.2) is 59.7 Å². The molecule has 7 nitrogen and oxygen atoms in total.